The van der Waals surface area contributed by atoms with E-state index in [0.717, 1.165) is 7.11 Å². The fourth-order valence-electron chi connectivity index (χ4n) is 5.37. The predicted octanol–water partition coefficient (Wildman–Crippen LogP) is 12.6. The fourth-order valence-corrected chi connectivity index (χ4v) is 5.37. The van der Waals surface area contributed by atoms with Crippen molar-refractivity contribution < 1.29 is 9.84 Å². The van der Waals surface area contributed by atoms with Gasteiger partial charge in [0.05, 0.1) is 12.5 Å². The Balaban J connectivity index is 0. The van der Waals surface area contributed by atoms with Gasteiger partial charge in [0, 0.05) is 7.11 Å². The zero-order chi connectivity index (χ0) is 27.3. The topological polar surface area (TPSA) is 29.5 Å². The Kier molecular flexibility index (Phi) is 41.2. The first kappa shape index (κ1) is 38.4. The molecule has 0 radical (unpaired) electrons. The normalized spacial score (nSPS) is 20.4. The average molecular weight is 523 g/mol. The van der Waals surface area contributed by atoms with Gasteiger partial charge in [-0.05, 0) is 0 Å². The van der Waals surface area contributed by atoms with E-state index in [-0.39, 0.29) is 0 Å². The largest absolute Gasteiger partial charge is 0.474 e. The zero-order valence-corrected chi connectivity index (χ0v) is 25.6. The monoisotopic (exact) mass is 523 g/mol. The summed E-state index contributed by atoms with van der Waals surface area (Å²) in [5.41, 5.74) is 0. The third kappa shape index (κ3) is 39.9. The number of hydrogen-bond donors (Lipinski definition) is 1. The van der Waals surface area contributed by atoms with E-state index in [1.54, 1.807) is 0 Å². The van der Waals surface area contributed by atoms with Gasteiger partial charge in [0.1, 0.15) is 0 Å². The average Bonchev–Trinajstić information content (AvgIpc) is 2.96. The molecular weight excluding hydrogens is 452 g/mol. The SMILES string of the molecule is C1CCCCCCCCC1.C1CCCCCCCCC1.C1CCCCCCCCC1.C=COC=C.CO. The standard InChI is InChI=1S/3C10H20.C4H6O.CH4O/c3*1-2-4-6-8-10-9-7-5-3-1;1-3-5-4-2;1-2/h3*1-10H2;3-4H,1-2H2;2H,1H3. The van der Waals surface area contributed by atoms with Gasteiger partial charge in [-0.3, -0.25) is 0 Å². The number of rotatable bonds is 2. The Morgan fingerprint density at radius 2 is 0.378 bits per heavy atom. The van der Waals surface area contributed by atoms with Gasteiger partial charge in [0.15, 0.2) is 0 Å². The Morgan fingerprint density at radius 3 is 0.405 bits per heavy atom. The lowest BCUT2D eigenvalue weighted by atomic mass is 10.0. The molecule has 0 saturated heterocycles. The molecule has 3 saturated carbocycles. The minimum absolute atomic E-state index is 1.00. The van der Waals surface area contributed by atoms with Gasteiger partial charge in [-0.25, -0.2) is 0 Å². The fraction of sp³-hybridized carbons (Fsp3) is 0.886. The van der Waals surface area contributed by atoms with Crippen molar-refractivity contribution in [3.63, 3.8) is 0 Å². The van der Waals surface area contributed by atoms with Crippen LogP contribution in [0.25, 0.3) is 0 Å². The van der Waals surface area contributed by atoms with Crippen LogP contribution in [0.5, 0.6) is 0 Å². The van der Waals surface area contributed by atoms with E-state index in [9.17, 15) is 0 Å². The molecule has 0 bridgehead atoms. The third-order valence-corrected chi connectivity index (χ3v) is 7.69. The van der Waals surface area contributed by atoms with Gasteiger partial charge in [-0.2, -0.15) is 0 Å². The van der Waals surface area contributed by atoms with Crippen molar-refractivity contribution in [1.29, 1.82) is 0 Å². The first-order chi connectivity index (χ1) is 18.4. The summed E-state index contributed by atoms with van der Waals surface area (Å²) >= 11 is 0. The molecule has 222 valence electrons. The highest BCUT2D eigenvalue weighted by molar-refractivity contribution is 4.57. The van der Waals surface area contributed by atoms with Crippen LogP contribution < -0.4 is 0 Å². The van der Waals surface area contributed by atoms with Crippen molar-refractivity contribution in [1.82, 2.24) is 0 Å². The molecule has 0 aromatic rings. The lowest BCUT2D eigenvalue weighted by Crippen LogP contribution is -1.85. The molecular formula is C35H70O2. The van der Waals surface area contributed by atoms with Crippen LogP contribution in [-0.2, 0) is 4.74 Å². The second-order valence-electron chi connectivity index (χ2n) is 11.1. The summed E-state index contributed by atoms with van der Waals surface area (Å²) in [6.45, 7) is 6.51. The van der Waals surface area contributed by atoms with Crippen molar-refractivity contribution in [2.75, 3.05) is 7.11 Å². The van der Waals surface area contributed by atoms with Gasteiger partial charge in [-0.15, -0.1) is 0 Å². The summed E-state index contributed by atoms with van der Waals surface area (Å²) in [5.74, 6) is 0. The van der Waals surface area contributed by atoms with Crippen LogP contribution in [0.3, 0.4) is 0 Å². The molecule has 2 heteroatoms. The summed E-state index contributed by atoms with van der Waals surface area (Å²) in [7, 11) is 1.00. The van der Waals surface area contributed by atoms with E-state index < -0.39 is 0 Å². The van der Waals surface area contributed by atoms with Crippen molar-refractivity contribution in [3.8, 4) is 0 Å². The predicted molar refractivity (Wildman–Crippen MR) is 168 cm³/mol. The molecule has 0 aliphatic heterocycles. The minimum Gasteiger partial charge on any atom is -0.474 e. The molecule has 3 aliphatic carbocycles. The second-order valence-corrected chi connectivity index (χ2v) is 11.1. The molecule has 0 atom stereocenters. The quantitative estimate of drug-likeness (QED) is 0.365. The van der Waals surface area contributed by atoms with E-state index in [0.29, 0.717) is 0 Å². The number of hydrogen-bond acceptors (Lipinski definition) is 2. The van der Waals surface area contributed by atoms with Crippen LogP contribution in [0.1, 0.15) is 193 Å². The molecule has 3 aliphatic rings. The summed E-state index contributed by atoms with van der Waals surface area (Å²) in [5, 5.41) is 7.00. The molecule has 3 rings (SSSR count). The van der Waals surface area contributed by atoms with Crippen LogP contribution in [0.2, 0.25) is 0 Å². The third-order valence-electron chi connectivity index (χ3n) is 7.69. The molecule has 0 amide bonds. The molecule has 2 nitrogen and oxygen atoms in total. The van der Waals surface area contributed by atoms with E-state index in [1.807, 2.05) is 0 Å². The molecule has 3 fully saturated rings. The van der Waals surface area contributed by atoms with Crippen LogP contribution in [0.4, 0.5) is 0 Å². The highest BCUT2D eigenvalue weighted by Gasteiger charge is 1.97. The van der Waals surface area contributed by atoms with E-state index in [2.05, 4.69) is 17.9 Å². The first-order valence-electron chi connectivity index (χ1n) is 16.7. The minimum atomic E-state index is 1.00. The first-order valence-corrected chi connectivity index (χ1v) is 16.7. The summed E-state index contributed by atoms with van der Waals surface area (Å²) in [6.07, 6.45) is 47.6. The zero-order valence-electron chi connectivity index (χ0n) is 25.6. The van der Waals surface area contributed by atoms with E-state index in [1.165, 1.54) is 205 Å². The second kappa shape index (κ2) is 39.7. The van der Waals surface area contributed by atoms with Gasteiger partial charge < -0.3 is 9.84 Å². The maximum absolute atomic E-state index is 7.00. The molecule has 0 spiro atoms. The van der Waals surface area contributed by atoms with Crippen LogP contribution in [0, 0.1) is 0 Å². The maximum Gasteiger partial charge on any atom is 0.0829 e. The lowest BCUT2D eigenvalue weighted by molar-refractivity contribution is 0.399. The van der Waals surface area contributed by atoms with Crippen LogP contribution in [0.15, 0.2) is 25.7 Å². The van der Waals surface area contributed by atoms with E-state index >= 15 is 0 Å². The van der Waals surface area contributed by atoms with Crippen molar-refractivity contribution in [2.24, 2.45) is 0 Å². The molecule has 1 N–H and O–H groups in total. The summed E-state index contributed by atoms with van der Waals surface area (Å²) in [4.78, 5) is 0. The highest BCUT2D eigenvalue weighted by atomic mass is 16.5. The van der Waals surface area contributed by atoms with Crippen molar-refractivity contribution in [2.45, 2.75) is 193 Å². The highest BCUT2D eigenvalue weighted by Crippen LogP contribution is 2.17. The van der Waals surface area contributed by atoms with Crippen LogP contribution >= 0.6 is 0 Å². The van der Waals surface area contributed by atoms with Gasteiger partial charge in [0.2, 0.25) is 0 Å². The Bertz CT molecular complexity index is 240. The van der Waals surface area contributed by atoms with Gasteiger partial charge in [-0.1, -0.05) is 206 Å². The molecule has 0 unspecified atom stereocenters. The number of ether oxygens (including phenoxy) is 1. The van der Waals surface area contributed by atoms with E-state index in [4.69, 9.17) is 5.11 Å². The molecule has 37 heavy (non-hydrogen) atoms. The molecule has 0 aromatic heterocycles. The Hall–Kier alpha value is -0.760. The summed E-state index contributed by atoms with van der Waals surface area (Å²) in [6, 6.07) is 0. The number of aliphatic hydroxyl groups excluding tert-OH is 1. The Morgan fingerprint density at radius 1 is 0.297 bits per heavy atom. The van der Waals surface area contributed by atoms with Gasteiger partial charge in [0.25, 0.3) is 0 Å². The van der Waals surface area contributed by atoms with Crippen LogP contribution in [-0.4, -0.2) is 12.2 Å². The van der Waals surface area contributed by atoms with Crippen molar-refractivity contribution in [3.05, 3.63) is 25.7 Å². The Labute approximate surface area is 235 Å². The molecule has 0 aromatic carbocycles. The lowest BCUT2D eigenvalue weighted by Gasteiger charge is -2.05. The summed E-state index contributed by atoms with van der Waals surface area (Å²) < 4.78 is 4.36. The number of aliphatic hydroxyl groups is 1. The molecule has 0 heterocycles. The maximum atomic E-state index is 7.00. The van der Waals surface area contributed by atoms with Gasteiger partial charge >= 0.3 is 0 Å². The van der Waals surface area contributed by atoms with Crippen molar-refractivity contribution >= 4 is 0 Å². The smallest absolute Gasteiger partial charge is 0.0829 e.